The normalized spacial score (nSPS) is 25.6. The van der Waals surface area contributed by atoms with Gasteiger partial charge in [-0.1, -0.05) is 26.7 Å². The summed E-state index contributed by atoms with van der Waals surface area (Å²) in [5, 5.41) is 9.10. The summed E-state index contributed by atoms with van der Waals surface area (Å²) in [5.74, 6) is 0. The van der Waals surface area contributed by atoms with E-state index in [1.807, 2.05) is 0 Å². The molecule has 0 spiro atoms. The van der Waals surface area contributed by atoms with Crippen molar-refractivity contribution < 1.29 is 5.11 Å². The first-order chi connectivity index (χ1) is 8.17. The lowest BCUT2D eigenvalue weighted by atomic mass is 9.72. The number of likely N-dealkylation sites (tertiary alicyclic amines) is 1. The van der Waals surface area contributed by atoms with E-state index in [0.717, 1.165) is 6.42 Å². The first-order valence-electron chi connectivity index (χ1n) is 7.51. The molecule has 0 aromatic heterocycles. The van der Waals surface area contributed by atoms with Crippen molar-refractivity contribution in [2.24, 2.45) is 10.8 Å². The third-order valence-corrected chi connectivity index (χ3v) is 4.84. The molecule has 0 aromatic rings. The zero-order chi connectivity index (χ0) is 12.4. The largest absolute Gasteiger partial charge is 0.396 e. The molecule has 0 atom stereocenters. The number of hydrogen-bond donors (Lipinski definition) is 1. The van der Waals surface area contributed by atoms with Gasteiger partial charge in [0, 0.05) is 26.2 Å². The summed E-state index contributed by atoms with van der Waals surface area (Å²) >= 11 is 0. The Morgan fingerprint density at radius 1 is 0.941 bits per heavy atom. The molecule has 0 radical (unpaired) electrons. The van der Waals surface area contributed by atoms with E-state index in [2.05, 4.69) is 18.7 Å². The minimum Gasteiger partial charge on any atom is -0.396 e. The molecule has 2 rings (SSSR count). The Hall–Kier alpha value is -0.0800. The molecule has 1 aliphatic carbocycles. The van der Waals surface area contributed by atoms with Crippen LogP contribution in [0.4, 0.5) is 0 Å². The van der Waals surface area contributed by atoms with Crippen LogP contribution < -0.4 is 0 Å². The molecule has 0 unspecified atom stereocenters. The lowest BCUT2D eigenvalue weighted by Crippen LogP contribution is -2.57. The molecule has 2 heteroatoms. The second-order valence-corrected chi connectivity index (χ2v) is 6.62. The quantitative estimate of drug-likeness (QED) is 0.704. The minimum atomic E-state index is 0.378. The Kier molecular flexibility index (Phi) is 4.14. The highest BCUT2D eigenvalue weighted by Gasteiger charge is 2.48. The predicted molar refractivity (Wildman–Crippen MR) is 72.1 cm³/mol. The van der Waals surface area contributed by atoms with Crippen molar-refractivity contribution in [3.63, 3.8) is 0 Å². The Morgan fingerprint density at radius 3 is 1.94 bits per heavy atom. The molecular weight excluding hydrogens is 210 g/mol. The van der Waals surface area contributed by atoms with Crippen LogP contribution in [0.25, 0.3) is 0 Å². The standard InChI is InChI=1S/C15H29NO/c1-3-5-15(6-4-2)12-16(13-15)11-14(7-8-14)9-10-17/h17H,3-13H2,1-2H3. The zero-order valence-corrected chi connectivity index (χ0v) is 11.7. The van der Waals surface area contributed by atoms with Gasteiger partial charge in [0.1, 0.15) is 0 Å². The van der Waals surface area contributed by atoms with E-state index in [0.29, 0.717) is 17.4 Å². The molecule has 2 aliphatic rings. The van der Waals surface area contributed by atoms with Gasteiger partial charge < -0.3 is 10.0 Å². The molecule has 2 fully saturated rings. The Bertz CT molecular complexity index is 233. The van der Waals surface area contributed by atoms with Crippen LogP contribution in [0.1, 0.15) is 58.8 Å². The van der Waals surface area contributed by atoms with Gasteiger partial charge in [-0.25, -0.2) is 0 Å². The van der Waals surface area contributed by atoms with Gasteiger partial charge in [-0.05, 0) is 42.9 Å². The fourth-order valence-corrected chi connectivity index (χ4v) is 3.89. The highest BCUT2D eigenvalue weighted by molar-refractivity contribution is 5.01. The van der Waals surface area contributed by atoms with Crippen molar-refractivity contribution >= 4 is 0 Å². The van der Waals surface area contributed by atoms with E-state index in [1.165, 1.54) is 58.2 Å². The van der Waals surface area contributed by atoms with Gasteiger partial charge >= 0.3 is 0 Å². The Balaban J connectivity index is 1.76. The van der Waals surface area contributed by atoms with Crippen LogP contribution in [-0.4, -0.2) is 36.2 Å². The van der Waals surface area contributed by atoms with E-state index in [1.54, 1.807) is 0 Å². The fourth-order valence-electron chi connectivity index (χ4n) is 3.89. The van der Waals surface area contributed by atoms with E-state index in [-0.39, 0.29) is 0 Å². The van der Waals surface area contributed by atoms with Gasteiger partial charge in [0.05, 0.1) is 0 Å². The average molecular weight is 239 g/mol. The predicted octanol–water partition coefficient (Wildman–Crippen LogP) is 3.05. The summed E-state index contributed by atoms with van der Waals surface area (Å²) in [4.78, 5) is 2.65. The first-order valence-corrected chi connectivity index (χ1v) is 7.51. The first kappa shape index (κ1) is 13.4. The Labute approximate surface area is 106 Å². The molecule has 17 heavy (non-hydrogen) atoms. The van der Waals surface area contributed by atoms with Crippen LogP contribution >= 0.6 is 0 Å². The van der Waals surface area contributed by atoms with Gasteiger partial charge in [-0.3, -0.25) is 0 Å². The summed E-state index contributed by atoms with van der Waals surface area (Å²) in [5.41, 5.74) is 1.16. The van der Waals surface area contributed by atoms with Crippen LogP contribution in [-0.2, 0) is 0 Å². The number of hydrogen-bond acceptors (Lipinski definition) is 2. The molecule has 0 amide bonds. The number of aliphatic hydroxyl groups excluding tert-OH is 1. The highest BCUT2D eigenvalue weighted by Crippen LogP contribution is 2.51. The van der Waals surface area contributed by atoms with Crippen LogP contribution in [0.2, 0.25) is 0 Å². The SMILES string of the molecule is CCCC1(CCC)CN(CC2(CCO)CC2)C1. The van der Waals surface area contributed by atoms with Crippen LogP contribution in [0, 0.1) is 10.8 Å². The molecule has 2 nitrogen and oxygen atoms in total. The second-order valence-electron chi connectivity index (χ2n) is 6.62. The number of rotatable bonds is 8. The van der Waals surface area contributed by atoms with Crippen molar-refractivity contribution in [2.45, 2.75) is 58.8 Å². The average Bonchev–Trinajstić information content (AvgIpc) is 2.97. The third kappa shape index (κ3) is 3.03. The number of aliphatic hydroxyl groups is 1. The van der Waals surface area contributed by atoms with Crippen molar-refractivity contribution in [2.75, 3.05) is 26.2 Å². The van der Waals surface area contributed by atoms with Crippen LogP contribution in [0.3, 0.4) is 0 Å². The van der Waals surface area contributed by atoms with Crippen LogP contribution in [0.5, 0.6) is 0 Å². The van der Waals surface area contributed by atoms with Gasteiger partial charge in [-0.15, -0.1) is 0 Å². The second kappa shape index (κ2) is 5.27. The van der Waals surface area contributed by atoms with Gasteiger partial charge in [0.25, 0.3) is 0 Å². The van der Waals surface area contributed by atoms with E-state index in [4.69, 9.17) is 5.11 Å². The summed E-state index contributed by atoms with van der Waals surface area (Å²) in [6.45, 7) is 8.90. The third-order valence-electron chi connectivity index (χ3n) is 4.84. The minimum absolute atomic E-state index is 0.378. The molecule has 0 bridgehead atoms. The van der Waals surface area contributed by atoms with Crippen LogP contribution in [0.15, 0.2) is 0 Å². The Morgan fingerprint density at radius 2 is 1.53 bits per heavy atom. The van der Waals surface area contributed by atoms with Gasteiger partial charge in [-0.2, -0.15) is 0 Å². The smallest absolute Gasteiger partial charge is 0.0436 e. The summed E-state index contributed by atoms with van der Waals surface area (Å²) in [6.07, 6.45) is 9.19. The molecular formula is C15H29NO. The zero-order valence-electron chi connectivity index (χ0n) is 11.7. The molecule has 1 aliphatic heterocycles. The molecule has 1 N–H and O–H groups in total. The molecule has 100 valence electrons. The van der Waals surface area contributed by atoms with E-state index >= 15 is 0 Å². The molecule has 1 saturated carbocycles. The van der Waals surface area contributed by atoms with Crippen molar-refractivity contribution in [3.8, 4) is 0 Å². The maximum absolute atomic E-state index is 9.10. The monoisotopic (exact) mass is 239 g/mol. The summed E-state index contributed by atoms with van der Waals surface area (Å²) < 4.78 is 0. The topological polar surface area (TPSA) is 23.5 Å². The van der Waals surface area contributed by atoms with Gasteiger partial charge in [0.2, 0.25) is 0 Å². The summed E-state index contributed by atoms with van der Waals surface area (Å²) in [6, 6.07) is 0. The van der Waals surface area contributed by atoms with Crippen molar-refractivity contribution in [1.29, 1.82) is 0 Å². The highest BCUT2D eigenvalue weighted by atomic mass is 16.3. The van der Waals surface area contributed by atoms with Crippen molar-refractivity contribution in [1.82, 2.24) is 4.90 Å². The fraction of sp³-hybridized carbons (Fsp3) is 1.00. The molecule has 1 heterocycles. The lowest BCUT2D eigenvalue weighted by Gasteiger charge is -2.52. The van der Waals surface area contributed by atoms with E-state index in [9.17, 15) is 0 Å². The molecule has 0 aromatic carbocycles. The van der Waals surface area contributed by atoms with Crippen molar-refractivity contribution in [3.05, 3.63) is 0 Å². The van der Waals surface area contributed by atoms with E-state index < -0.39 is 0 Å². The maximum atomic E-state index is 9.10. The maximum Gasteiger partial charge on any atom is 0.0436 e. The molecule has 1 saturated heterocycles. The lowest BCUT2D eigenvalue weighted by molar-refractivity contribution is -0.0290. The van der Waals surface area contributed by atoms with Gasteiger partial charge in [0.15, 0.2) is 0 Å². The summed E-state index contributed by atoms with van der Waals surface area (Å²) in [7, 11) is 0. The number of nitrogens with zero attached hydrogens (tertiary/aromatic N) is 1.